The molecule has 19 heavy (non-hydrogen) atoms. The smallest absolute Gasteiger partial charge is 0.161 e. The van der Waals surface area contributed by atoms with Gasteiger partial charge in [-0.15, -0.1) is 0 Å². The molecule has 0 aliphatic carbocycles. The van der Waals surface area contributed by atoms with Crippen molar-refractivity contribution in [2.24, 2.45) is 0 Å². The quantitative estimate of drug-likeness (QED) is 0.816. The first-order valence-corrected chi connectivity index (χ1v) is 6.76. The zero-order valence-electron chi connectivity index (χ0n) is 12.6. The highest BCUT2D eigenvalue weighted by Gasteiger charge is 2.06. The van der Waals surface area contributed by atoms with Crippen LogP contribution in [0.4, 0.5) is 0 Å². The summed E-state index contributed by atoms with van der Waals surface area (Å²) in [4.78, 5) is 0. The minimum atomic E-state index is 0.382. The van der Waals surface area contributed by atoms with E-state index in [4.69, 9.17) is 9.47 Å². The monoisotopic (exact) mass is 263 g/mol. The molecule has 1 aromatic rings. The number of benzene rings is 1. The molecule has 0 aliphatic heterocycles. The third kappa shape index (κ3) is 4.60. The number of nitrogens with one attached hydrogen (secondary N) is 1. The van der Waals surface area contributed by atoms with Crippen LogP contribution < -0.4 is 14.8 Å². The fourth-order valence-electron chi connectivity index (χ4n) is 1.85. The van der Waals surface area contributed by atoms with Gasteiger partial charge >= 0.3 is 0 Å². The van der Waals surface area contributed by atoms with Crippen molar-refractivity contribution in [2.45, 2.75) is 33.2 Å². The Morgan fingerprint density at radius 1 is 1.26 bits per heavy atom. The largest absolute Gasteiger partial charge is 0.493 e. The minimum Gasteiger partial charge on any atom is -0.493 e. The molecular formula is C16H25NO2. The summed E-state index contributed by atoms with van der Waals surface area (Å²) in [5.41, 5.74) is 2.43. The molecule has 0 radical (unpaired) electrons. The van der Waals surface area contributed by atoms with Crippen molar-refractivity contribution in [2.75, 3.05) is 20.8 Å². The first kappa shape index (κ1) is 15.6. The Labute approximate surface area is 116 Å². The van der Waals surface area contributed by atoms with Crippen molar-refractivity contribution in [1.82, 2.24) is 5.32 Å². The lowest BCUT2D eigenvalue weighted by molar-refractivity contribution is 0.355. The molecule has 0 amide bonds. The molecule has 3 nitrogen and oxygen atoms in total. The first-order valence-electron chi connectivity index (χ1n) is 6.76. The SMILES string of the molecule is CCCNC(C)/C(C)=C/c1ccc(OC)c(OC)c1. The van der Waals surface area contributed by atoms with Crippen molar-refractivity contribution >= 4 is 6.08 Å². The maximum absolute atomic E-state index is 5.31. The molecule has 0 aliphatic rings. The molecule has 3 heteroatoms. The highest BCUT2D eigenvalue weighted by atomic mass is 16.5. The summed E-state index contributed by atoms with van der Waals surface area (Å²) < 4.78 is 10.6. The van der Waals surface area contributed by atoms with E-state index in [0.717, 1.165) is 30.0 Å². The van der Waals surface area contributed by atoms with E-state index >= 15 is 0 Å². The van der Waals surface area contributed by atoms with E-state index in [0.29, 0.717) is 6.04 Å². The molecule has 0 heterocycles. The molecule has 0 bridgehead atoms. The molecule has 1 atom stereocenters. The molecule has 1 rings (SSSR count). The van der Waals surface area contributed by atoms with Gasteiger partial charge in [-0.3, -0.25) is 0 Å². The Hall–Kier alpha value is -1.48. The van der Waals surface area contributed by atoms with Crippen LogP contribution in [-0.4, -0.2) is 26.8 Å². The molecule has 1 aromatic carbocycles. The Bertz CT molecular complexity index is 427. The molecular weight excluding hydrogens is 238 g/mol. The lowest BCUT2D eigenvalue weighted by Gasteiger charge is -2.14. The van der Waals surface area contributed by atoms with Gasteiger partial charge in [0.05, 0.1) is 14.2 Å². The van der Waals surface area contributed by atoms with Gasteiger partial charge in [-0.05, 0) is 44.5 Å². The number of hydrogen-bond donors (Lipinski definition) is 1. The van der Waals surface area contributed by atoms with Gasteiger partial charge in [0.2, 0.25) is 0 Å². The van der Waals surface area contributed by atoms with Crippen LogP contribution in [0.5, 0.6) is 11.5 Å². The van der Waals surface area contributed by atoms with Gasteiger partial charge in [-0.1, -0.05) is 24.6 Å². The fourth-order valence-corrected chi connectivity index (χ4v) is 1.85. The van der Waals surface area contributed by atoms with Gasteiger partial charge in [-0.25, -0.2) is 0 Å². The van der Waals surface area contributed by atoms with Crippen molar-refractivity contribution in [3.8, 4) is 11.5 Å². The Morgan fingerprint density at radius 3 is 2.53 bits per heavy atom. The third-order valence-electron chi connectivity index (χ3n) is 3.19. The van der Waals surface area contributed by atoms with E-state index in [9.17, 15) is 0 Å². The number of ether oxygens (including phenoxy) is 2. The lowest BCUT2D eigenvalue weighted by Crippen LogP contribution is -2.27. The highest BCUT2D eigenvalue weighted by Crippen LogP contribution is 2.28. The average molecular weight is 263 g/mol. The summed E-state index contributed by atoms with van der Waals surface area (Å²) in [7, 11) is 3.30. The number of methoxy groups -OCH3 is 2. The van der Waals surface area contributed by atoms with E-state index in [-0.39, 0.29) is 0 Å². The normalized spacial score (nSPS) is 13.2. The van der Waals surface area contributed by atoms with Crippen LogP contribution in [0.1, 0.15) is 32.8 Å². The average Bonchev–Trinajstić information content (AvgIpc) is 2.44. The fraction of sp³-hybridized carbons (Fsp3) is 0.500. The molecule has 0 aromatic heterocycles. The Balaban J connectivity index is 2.85. The predicted octanol–water partition coefficient (Wildman–Crippen LogP) is 3.50. The van der Waals surface area contributed by atoms with Crippen LogP contribution in [0.15, 0.2) is 23.8 Å². The van der Waals surface area contributed by atoms with Crippen LogP contribution in [0.2, 0.25) is 0 Å². The van der Waals surface area contributed by atoms with Crippen LogP contribution in [0.3, 0.4) is 0 Å². The zero-order valence-corrected chi connectivity index (χ0v) is 12.6. The van der Waals surface area contributed by atoms with Crippen LogP contribution in [0, 0.1) is 0 Å². The first-order chi connectivity index (χ1) is 9.12. The third-order valence-corrected chi connectivity index (χ3v) is 3.19. The van der Waals surface area contributed by atoms with Gasteiger partial charge in [0.1, 0.15) is 0 Å². The molecule has 106 valence electrons. The maximum Gasteiger partial charge on any atom is 0.161 e. The second kappa shape index (κ2) is 7.85. The maximum atomic E-state index is 5.31. The molecule has 1 unspecified atom stereocenters. The van der Waals surface area contributed by atoms with Crippen molar-refractivity contribution in [3.63, 3.8) is 0 Å². The second-order valence-corrected chi connectivity index (χ2v) is 4.68. The van der Waals surface area contributed by atoms with E-state index in [2.05, 4.69) is 32.2 Å². The van der Waals surface area contributed by atoms with Gasteiger partial charge in [0, 0.05) is 6.04 Å². The van der Waals surface area contributed by atoms with Crippen molar-refractivity contribution in [1.29, 1.82) is 0 Å². The van der Waals surface area contributed by atoms with Gasteiger partial charge in [0.25, 0.3) is 0 Å². The Morgan fingerprint density at radius 2 is 1.95 bits per heavy atom. The van der Waals surface area contributed by atoms with Gasteiger partial charge < -0.3 is 14.8 Å². The van der Waals surface area contributed by atoms with Crippen LogP contribution in [-0.2, 0) is 0 Å². The van der Waals surface area contributed by atoms with Crippen molar-refractivity contribution < 1.29 is 9.47 Å². The summed E-state index contributed by atoms with van der Waals surface area (Å²) in [5.74, 6) is 1.52. The summed E-state index contributed by atoms with van der Waals surface area (Å²) in [6, 6.07) is 6.35. The standard InChI is InChI=1S/C16H25NO2/c1-6-9-17-13(3)12(2)10-14-7-8-15(18-4)16(11-14)19-5/h7-8,10-11,13,17H,6,9H2,1-5H3/b12-10+. The van der Waals surface area contributed by atoms with E-state index in [1.165, 1.54) is 5.57 Å². The van der Waals surface area contributed by atoms with E-state index in [1.807, 2.05) is 18.2 Å². The second-order valence-electron chi connectivity index (χ2n) is 4.68. The summed E-state index contributed by atoms with van der Waals surface area (Å²) in [6.07, 6.45) is 3.32. The van der Waals surface area contributed by atoms with E-state index < -0.39 is 0 Å². The number of rotatable bonds is 7. The predicted molar refractivity (Wildman–Crippen MR) is 81.0 cm³/mol. The van der Waals surface area contributed by atoms with Crippen molar-refractivity contribution in [3.05, 3.63) is 29.3 Å². The topological polar surface area (TPSA) is 30.5 Å². The lowest BCUT2D eigenvalue weighted by atomic mass is 10.1. The molecule has 0 spiro atoms. The van der Waals surface area contributed by atoms with Gasteiger partial charge in [-0.2, -0.15) is 0 Å². The summed E-state index contributed by atoms with van der Waals surface area (Å²) >= 11 is 0. The molecule has 0 fully saturated rings. The summed E-state index contributed by atoms with van der Waals surface area (Å²) in [5, 5.41) is 3.48. The molecule has 0 saturated carbocycles. The Kier molecular flexibility index (Phi) is 6.43. The summed E-state index contributed by atoms with van der Waals surface area (Å²) in [6.45, 7) is 7.54. The van der Waals surface area contributed by atoms with Crippen LogP contribution >= 0.6 is 0 Å². The molecule has 1 N–H and O–H groups in total. The molecule has 0 saturated heterocycles. The van der Waals surface area contributed by atoms with Crippen LogP contribution in [0.25, 0.3) is 6.08 Å². The zero-order chi connectivity index (χ0) is 14.3. The van der Waals surface area contributed by atoms with E-state index in [1.54, 1.807) is 14.2 Å². The number of hydrogen-bond acceptors (Lipinski definition) is 3. The minimum absolute atomic E-state index is 0.382. The van der Waals surface area contributed by atoms with Gasteiger partial charge in [0.15, 0.2) is 11.5 Å². The highest BCUT2D eigenvalue weighted by molar-refractivity contribution is 5.58.